The molecule has 1 aromatic rings. The first-order valence-corrected chi connectivity index (χ1v) is 6.60. The summed E-state index contributed by atoms with van der Waals surface area (Å²) < 4.78 is 4.61. The zero-order chi connectivity index (χ0) is 15.0. The third-order valence-corrected chi connectivity index (χ3v) is 2.98. The molecule has 0 saturated carbocycles. The number of hydrogen-bond acceptors (Lipinski definition) is 5. The standard InChI is InChI=1S/C15H21NO4/c1-11-4-6-12(7-5-11)15(19)13(10-14(18)20-2)16-8-3-9-17/h4-7,13,16-17H,3,8-10H2,1-2H3. The first-order valence-electron chi connectivity index (χ1n) is 6.60. The Balaban J connectivity index is 2.76. The summed E-state index contributed by atoms with van der Waals surface area (Å²) in [4.78, 5) is 23.7. The number of benzene rings is 1. The monoisotopic (exact) mass is 279 g/mol. The molecule has 0 saturated heterocycles. The van der Waals surface area contributed by atoms with Gasteiger partial charge in [-0.05, 0) is 19.9 Å². The van der Waals surface area contributed by atoms with E-state index < -0.39 is 12.0 Å². The van der Waals surface area contributed by atoms with Crippen LogP contribution in [-0.2, 0) is 9.53 Å². The topological polar surface area (TPSA) is 75.6 Å². The average molecular weight is 279 g/mol. The number of esters is 1. The van der Waals surface area contributed by atoms with Crippen LogP contribution in [0.1, 0.15) is 28.8 Å². The Bertz CT molecular complexity index is 442. The predicted molar refractivity (Wildman–Crippen MR) is 75.6 cm³/mol. The number of carbonyl (C=O) groups is 2. The zero-order valence-electron chi connectivity index (χ0n) is 11.9. The summed E-state index contributed by atoms with van der Waals surface area (Å²) in [6.45, 7) is 2.45. The Hall–Kier alpha value is -1.72. The van der Waals surface area contributed by atoms with E-state index in [0.717, 1.165) is 5.56 Å². The lowest BCUT2D eigenvalue weighted by Crippen LogP contribution is -2.39. The largest absolute Gasteiger partial charge is 0.469 e. The van der Waals surface area contributed by atoms with Gasteiger partial charge >= 0.3 is 5.97 Å². The van der Waals surface area contributed by atoms with Gasteiger partial charge in [-0.15, -0.1) is 0 Å². The second kappa shape index (κ2) is 8.45. The first kappa shape index (κ1) is 16.3. The molecule has 0 aliphatic carbocycles. The summed E-state index contributed by atoms with van der Waals surface area (Å²) in [5.74, 6) is -0.583. The molecule has 0 bridgehead atoms. The first-order chi connectivity index (χ1) is 9.58. The van der Waals surface area contributed by atoms with Crippen LogP contribution in [0.25, 0.3) is 0 Å². The van der Waals surface area contributed by atoms with Gasteiger partial charge in [-0.25, -0.2) is 0 Å². The van der Waals surface area contributed by atoms with Crippen molar-refractivity contribution >= 4 is 11.8 Å². The van der Waals surface area contributed by atoms with Gasteiger partial charge in [0.05, 0.1) is 19.6 Å². The fourth-order valence-corrected chi connectivity index (χ4v) is 1.78. The van der Waals surface area contributed by atoms with Crippen molar-refractivity contribution in [2.45, 2.75) is 25.8 Å². The van der Waals surface area contributed by atoms with Gasteiger partial charge in [0.1, 0.15) is 0 Å². The van der Waals surface area contributed by atoms with E-state index in [0.29, 0.717) is 18.5 Å². The van der Waals surface area contributed by atoms with Gasteiger partial charge in [-0.1, -0.05) is 29.8 Å². The van der Waals surface area contributed by atoms with Crippen LogP contribution < -0.4 is 5.32 Å². The molecule has 1 unspecified atom stereocenters. The van der Waals surface area contributed by atoms with Gasteiger partial charge in [0, 0.05) is 12.2 Å². The molecule has 110 valence electrons. The number of methoxy groups -OCH3 is 1. The number of carbonyl (C=O) groups excluding carboxylic acids is 2. The number of rotatable bonds is 8. The van der Waals surface area contributed by atoms with Gasteiger partial charge in [-0.3, -0.25) is 9.59 Å². The van der Waals surface area contributed by atoms with Crippen molar-refractivity contribution in [3.63, 3.8) is 0 Å². The molecule has 1 rings (SSSR count). The summed E-state index contributed by atoms with van der Waals surface area (Å²) in [6.07, 6.45) is 0.507. The zero-order valence-corrected chi connectivity index (χ0v) is 11.9. The van der Waals surface area contributed by atoms with Crippen LogP contribution in [0.3, 0.4) is 0 Å². The van der Waals surface area contributed by atoms with E-state index in [1.54, 1.807) is 12.1 Å². The molecular formula is C15H21NO4. The maximum atomic E-state index is 12.4. The fraction of sp³-hybridized carbons (Fsp3) is 0.467. The Morgan fingerprint density at radius 3 is 2.50 bits per heavy atom. The van der Waals surface area contributed by atoms with E-state index in [2.05, 4.69) is 10.1 Å². The number of ether oxygens (including phenoxy) is 1. The minimum absolute atomic E-state index is 0.0192. The van der Waals surface area contributed by atoms with Crippen LogP contribution >= 0.6 is 0 Å². The number of aliphatic hydroxyl groups is 1. The molecule has 1 aromatic carbocycles. The highest BCUT2D eigenvalue weighted by atomic mass is 16.5. The van der Waals surface area contributed by atoms with Crippen molar-refractivity contribution in [2.24, 2.45) is 0 Å². The normalized spacial score (nSPS) is 11.9. The van der Waals surface area contributed by atoms with E-state index >= 15 is 0 Å². The smallest absolute Gasteiger partial charge is 0.307 e. The van der Waals surface area contributed by atoms with Gasteiger partial charge < -0.3 is 15.2 Å². The molecule has 1 atom stereocenters. The van der Waals surface area contributed by atoms with E-state index in [4.69, 9.17) is 5.11 Å². The molecule has 0 amide bonds. The van der Waals surface area contributed by atoms with Gasteiger partial charge in [-0.2, -0.15) is 0 Å². The number of aryl methyl sites for hydroxylation is 1. The third kappa shape index (κ3) is 5.11. The summed E-state index contributed by atoms with van der Waals surface area (Å²) >= 11 is 0. The summed E-state index contributed by atoms with van der Waals surface area (Å²) in [6, 6.07) is 6.58. The second-order valence-electron chi connectivity index (χ2n) is 4.59. The summed E-state index contributed by atoms with van der Waals surface area (Å²) in [5.41, 5.74) is 1.63. The lowest BCUT2D eigenvalue weighted by atomic mass is 10.0. The average Bonchev–Trinajstić information content (AvgIpc) is 2.46. The molecule has 0 aliphatic heterocycles. The summed E-state index contributed by atoms with van der Waals surface area (Å²) in [5, 5.41) is 11.8. The Kier molecular flexibility index (Phi) is 6.90. The van der Waals surface area contributed by atoms with Crippen molar-refractivity contribution in [2.75, 3.05) is 20.3 Å². The molecule has 5 heteroatoms. The lowest BCUT2D eigenvalue weighted by Gasteiger charge is -2.16. The predicted octanol–water partition coefficient (Wildman–Crippen LogP) is 1.08. The van der Waals surface area contributed by atoms with E-state index in [9.17, 15) is 9.59 Å². The number of aliphatic hydroxyl groups excluding tert-OH is 1. The number of hydrogen-bond donors (Lipinski definition) is 2. The maximum absolute atomic E-state index is 12.4. The van der Waals surface area contributed by atoms with Crippen molar-refractivity contribution in [3.8, 4) is 0 Å². The van der Waals surface area contributed by atoms with Crippen LogP contribution in [0.4, 0.5) is 0 Å². The molecule has 0 fully saturated rings. The van der Waals surface area contributed by atoms with Crippen LogP contribution in [0.15, 0.2) is 24.3 Å². The van der Waals surface area contributed by atoms with Crippen molar-refractivity contribution in [1.29, 1.82) is 0 Å². The molecule has 0 aromatic heterocycles. The Labute approximate surface area is 118 Å². The van der Waals surface area contributed by atoms with E-state index in [-0.39, 0.29) is 18.8 Å². The van der Waals surface area contributed by atoms with Crippen LogP contribution in [0.2, 0.25) is 0 Å². The van der Waals surface area contributed by atoms with Crippen molar-refractivity contribution < 1.29 is 19.4 Å². The SMILES string of the molecule is COC(=O)CC(NCCCO)C(=O)c1ccc(C)cc1. The number of ketones is 1. The third-order valence-electron chi connectivity index (χ3n) is 2.98. The number of nitrogens with one attached hydrogen (secondary N) is 1. The molecule has 0 aliphatic rings. The molecule has 20 heavy (non-hydrogen) atoms. The molecule has 0 spiro atoms. The second-order valence-corrected chi connectivity index (χ2v) is 4.59. The van der Waals surface area contributed by atoms with Gasteiger partial charge in [0.15, 0.2) is 5.78 Å². The quantitative estimate of drug-likeness (QED) is 0.423. The Morgan fingerprint density at radius 1 is 1.30 bits per heavy atom. The molecule has 5 nitrogen and oxygen atoms in total. The maximum Gasteiger partial charge on any atom is 0.307 e. The minimum atomic E-state index is -0.628. The highest BCUT2D eigenvalue weighted by molar-refractivity contribution is 6.01. The molecular weight excluding hydrogens is 258 g/mol. The molecule has 0 heterocycles. The van der Waals surface area contributed by atoms with Crippen LogP contribution in [0.5, 0.6) is 0 Å². The summed E-state index contributed by atoms with van der Waals surface area (Å²) in [7, 11) is 1.30. The van der Waals surface area contributed by atoms with Crippen molar-refractivity contribution in [1.82, 2.24) is 5.32 Å². The van der Waals surface area contributed by atoms with Crippen LogP contribution in [0, 0.1) is 6.92 Å². The Morgan fingerprint density at radius 2 is 1.95 bits per heavy atom. The highest BCUT2D eigenvalue weighted by Crippen LogP contribution is 2.09. The molecule has 2 N–H and O–H groups in total. The van der Waals surface area contributed by atoms with Crippen molar-refractivity contribution in [3.05, 3.63) is 35.4 Å². The lowest BCUT2D eigenvalue weighted by molar-refractivity contribution is -0.140. The van der Waals surface area contributed by atoms with Crippen LogP contribution in [-0.4, -0.2) is 43.2 Å². The number of Topliss-reactive ketones (excluding diaryl/α,β-unsaturated/α-hetero) is 1. The van der Waals surface area contributed by atoms with E-state index in [1.807, 2.05) is 19.1 Å². The fourth-order valence-electron chi connectivity index (χ4n) is 1.78. The highest BCUT2D eigenvalue weighted by Gasteiger charge is 2.22. The van der Waals surface area contributed by atoms with E-state index in [1.165, 1.54) is 7.11 Å². The molecule has 0 radical (unpaired) electrons. The minimum Gasteiger partial charge on any atom is -0.469 e. The van der Waals surface area contributed by atoms with Gasteiger partial charge in [0.25, 0.3) is 0 Å². The van der Waals surface area contributed by atoms with Gasteiger partial charge in [0.2, 0.25) is 0 Å².